The van der Waals surface area contributed by atoms with Crippen LogP contribution in [-0.4, -0.2) is 29.1 Å². The second-order valence-electron chi connectivity index (χ2n) is 11.5. The largest absolute Gasteiger partial charge is 0.293 e. The molecule has 10 aromatic rings. The van der Waals surface area contributed by atoms with E-state index >= 15 is 0 Å². The molecular formula is C40H24N6. The van der Waals surface area contributed by atoms with Gasteiger partial charge in [0.1, 0.15) is 5.82 Å². The predicted molar refractivity (Wildman–Crippen MR) is 186 cm³/mol. The second kappa shape index (κ2) is 9.55. The van der Waals surface area contributed by atoms with Crippen LogP contribution in [0.25, 0.3) is 88.9 Å². The van der Waals surface area contributed by atoms with Gasteiger partial charge >= 0.3 is 0 Å². The molecule has 0 unspecified atom stereocenters. The van der Waals surface area contributed by atoms with E-state index in [1.807, 2.05) is 79.0 Å². The fourth-order valence-corrected chi connectivity index (χ4v) is 7.04. The minimum atomic E-state index is 0.588. The Balaban J connectivity index is 1.38. The molecule has 6 heteroatoms. The van der Waals surface area contributed by atoms with Crippen molar-refractivity contribution < 1.29 is 0 Å². The van der Waals surface area contributed by atoms with Gasteiger partial charge in [-0.25, -0.2) is 9.97 Å². The van der Waals surface area contributed by atoms with Gasteiger partial charge in [-0.3, -0.25) is 9.13 Å². The second-order valence-corrected chi connectivity index (χ2v) is 11.5. The number of para-hydroxylation sites is 1. The van der Waals surface area contributed by atoms with Gasteiger partial charge in [-0.05, 0) is 35.7 Å². The Labute approximate surface area is 263 Å². The summed E-state index contributed by atoms with van der Waals surface area (Å²) in [7, 11) is 0. The molecule has 0 saturated heterocycles. The minimum Gasteiger partial charge on any atom is -0.293 e. The van der Waals surface area contributed by atoms with Crippen LogP contribution in [0.1, 0.15) is 0 Å². The molecule has 46 heavy (non-hydrogen) atoms. The van der Waals surface area contributed by atoms with Crippen LogP contribution in [0, 0.1) is 0 Å². The lowest BCUT2D eigenvalue weighted by atomic mass is 9.99. The Kier molecular flexibility index (Phi) is 5.19. The predicted octanol–water partition coefficient (Wildman–Crippen LogP) is 9.39. The fraction of sp³-hybridized carbons (Fsp3) is 0. The average molecular weight is 589 g/mol. The highest BCUT2D eigenvalue weighted by Gasteiger charge is 2.24. The quantitative estimate of drug-likeness (QED) is 0.192. The maximum Gasteiger partial charge on any atom is 0.238 e. The smallest absolute Gasteiger partial charge is 0.238 e. The Morgan fingerprint density at radius 1 is 0.435 bits per heavy atom. The Bertz CT molecular complexity index is 2670. The van der Waals surface area contributed by atoms with Gasteiger partial charge in [-0.1, -0.05) is 109 Å². The van der Waals surface area contributed by atoms with E-state index in [0.717, 1.165) is 49.8 Å². The van der Waals surface area contributed by atoms with Gasteiger partial charge in [0.2, 0.25) is 5.95 Å². The van der Waals surface area contributed by atoms with Crippen LogP contribution in [0.15, 0.2) is 146 Å². The summed E-state index contributed by atoms with van der Waals surface area (Å²) in [6, 6.07) is 48.2. The van der Waals surface area contributed by atoms with Crippen LogP contribution >= 0.6 is 0 Å². The molecule has 0 aliphatic carbocycles. The van der Waals surface area contributed by atoms with Crippen LogP contribution < -0.4 is 0 Å². The first-order valence-electron chi connectivity index (χ1n) is 15.3. The first kappa shape index (κ1) is 25.0. The fourth-order valence-electron chi connectivity index (χ4n) is 7.04. The van der Waals surface area contributed by atoms with Crippen LogP contribution in [0.2, 0.25) is 0 Å². The summed E-state index contributed by atoms with van der Waals surface area (Å²) < 4.78 is 4.52. The van der Waals surface area contributed by atoms with Gasteiger partial charge in [0.05, 0.1) is 22.1 Å². The molecule has 0 spiro atoms. The molecule has 0 bridgehead atoms. The molecule has 214 valence electrons. The maximum atomic E-state index is 5.15. The molecule has 0 radical (unpaired) electrons. The van der Waals surface area contributed by atoms with Gasteiger partial charge in [-0.15, -0.1) is 0 Å². The summed E-state index contributed by atoms with van der Waals surface area (Å²) >= 11 is 0. The molecule has 0 fully saturated rings. The highest BCUT2D eigenvalue weighted by Crippen LogP contribution is 2.45. The first-order valence-corrected chi connectivity index (χ1v) is 15.3. The molecule has 10 rings (SSSR count). The van der Waals surface area contributed by atoms with Crippen molar-refractivity contribution in [2.24, 2.45) is 0 Å². The van der Waals surface area contributed by atoms with Crippen LogP contribution in [0.3, 0.4) is 0 Å². The molecule has 0 amide bonds. The zero-order valence-corrected chi connectivity index (χ0v) is 24.5. The normalized spacial score (nSPS) is 11.9. The van der Waals surface area contributed by atoms with Crippen LogP contribution in [0.5, 0.6) is 0 Å². The third kappa shape index (κ3) is 3.52. The van der Waals surface area contributed by atoms with Crippen LogP contribution in [0.4, 0.5) is 0 Å². The van der Waals surface area contributed by atoms with E-state index in [9.17, 15) is 0 Å². The zero-order valence-electron chi connectivity index (χ0n) is 24.5. The lowest BCUT2D eigenvalue weighted by molar-refractivity contribution is 0.954. The third-order valence-corrected chi connectivity index (χ3v) is 8.98. The monoisotopic (exact) mass is 588 g/mol. The van der Waals surface area contributed by atoms with E-state index in [-0.39, 0.29) is 0 Å². The molecule has 0 aliphatic heterocycles. The van der Waals surface area contributed by atoms with Gasteiger partial charge in [-0.2, -0.15) is 9.97 Å². The molecule has 6 aromatic carbocycles. The lowest BCUT2D eigenvalue weighted by Crippen LogP contribution is -2.06. The number of pyridine rings is 1. The van der Waals surface area contributed by atoms with E-state index < -0.39 is 0 Å². The van der Waals surface area contributed by atoms with Crippen molar-refractivity contribution >= 4 is 54.4 Å². The minimum absolute atomic E-state index is 0.588. The Hall–Kier alpha value is -6.40. The summed E-state index contributed by atoms with van der Waals surface area (Å²) in [6.07, 6.45) is 1.86. The number of rotatable bonds is 4. The number of hydrogen-bond acceptors (Lipinski definition) is 4. The summed E-state index contributed by atoms with van der Waals surface area (Å²) in [5, 5.41) is 7.04. The SMILES string of the molecule is c1ccc(-c2nc(-c3ccccc3)nc(-n3c4cccc5ccc6c(c54)c3cc3c4ccccc4n(-c4ccccn4)c36)n2)cc1. The van der Waals surface area contributed by atoms with Crippen molar-refractivity contribution in [2.45, 2.75) is 0 Å². The highest BCUT2D eigenvalue weighted by atomic mass is 15.2. The van der Waals surface area contributed by atoms with Crippen molar-refractivity contribution in [1.29, 1.82) is 0 Å². The third-order valence-electron chi connectivity index (χ3n) is 8.98. The van der Waals surface area contributed by atoms with E-state index in [1.165, 1.54) is 21.5 Å². The number of aromatic nitrogens is 6. The van der Waals surface area contributed by atoms with Crippen molar-refractivity contribution in [1.82, 2.24) is 29.1 Å². The van der Waals surface area contributed by atoms with Gasteiger partial charge in [0, 0.05) is 44.3 Å². The topological polar surface area (TPSA) is 61.4 Å². The summed E-state index contributed by atoms with van der Waals surface area (Å²) in [5.74, 6) is 2.75. The van der Waals surface area contributed by atoms with Crippen molar-refractivity contribution in [3.8, 4) is 34.5 Å². The number of benzene rings is 6. The van der Waals surface area contributed by atoms with E-state index in [1.54, 1.807) is 0 Å². The Morgan fingerprint density at radius 3 is 1.87 bits per heavy atom. The molecule has 0 atom stereocenters. The van der Waals surface area contributed by atoms with Crippen molar-refractivity contribution in [3.63, 3.8) is 0 Å². The standard InChI is InChI=1S/C40H24N6/c1-3-12-26(13-4-1)38-42-39(27-14-5-2-6-15-27)44-40(43-38)45-32-19-11-16-25-21-22-29-36(35(25)32)33(45)24-30-28-17-7-8-18-31(28)46(37(29)30)34-20-9-10-23-41-34/h1-24H. The van der Waals surface area contributed by atoms with Crippen molar-refractivity contribution in [3.05, 3.63) is 146 Å². The molecule has 6 nitrogen and oxygen atoms in total. The molecular weight excluding hydrogens is 564 g/mol. The van der Waals surface area contributed by atoms with Gasteiger partial charge in [0.15, 0.2) is 11.6 Å². The first-order chi connectivity index (χ1) is 22.8. The number of nitrogens with zero attached hydrogens (tertiary/aromatic N) is 6. The molecule has 0 aliphatic rings. The van der Waals surface area contributed by atoms with Crippen molar-refractivity contribution in [2.75, 3.05) is 0 Å². The van der Waals surface area contributed by atoms with Crippen LogP contribution in [-0.2, 0) is 0 Å². The maximum absolute atomic E-state index is 5.15. The van der Waals surface area contributed by atoms with E-state index in [2.05, 4.69) is 75.9 Å². The lowest BCUT2D eigenvalue weighted by Gasteiger charge is -2.11. The highest BCUT2D eigenvalue weighted by molar-refractivity contribution is 6.32. The molecule has 0 saturated carbocycles. The van der Waals surface area contributed by atoms with E-state index in [0.29, 0.717) is 17.6 Å². The molecule has 0 N–H and O–H groups in total. The Morgan fingerprint density at radius 2 is 1.13 bits per heavy atom. The molecule has 4 heterocycles. The summed E-state index contributed by atoms with van der Waals surface area (Å²) in [4.78, 5) is 20.1. The average Bonchev–Trinajstić information content (AvgIpc) is 3.65. The summed E-state index contributed by atoms with van der Waals surface area (Å²) in [6.45, 7) is 0. The van der Waals surface area contributed by atoms with Gasteiger partial charge < -0.3 is 0 Å². The van der Waals surface area contributed by atoms with Gasteiger partial charge in [0.25, 0.3) is 0 Å². The molecule has 4 aromatic heterocycles. The van der Waals surface area contributed by atoms with E-state index in [4.69, 9.17) is 19.9 Å². The zero-order chi connectivity index (χ0) is 30.2. The number of hydrogen-bond donors (Lipinski definition) is 0. The summed E-state index contributed by atoms with van der Waals surface area (Å²) in [5.41, 5.74) is 6.26. The number of fused-ring (bicyclic) bond motifs is 4.